The third kappa shape index (κ3) is 4.84. The Morgan fingerprint density at radius 3 is 2.67 bits per heavy atom. The van der Waals surface area contributed by atoms with Gasteiger partial charge in [0.25, 0.3) is 5.91 Å². The number of carboxylic acids is 1. The molecular formula is C11H16N4O3. The van der Waals surface area contributed by atoms with E-state index in [1.165, 1.54) is 6.20 Å². The molecule has 0 saturated carbocycles. The van der Waals surface area contributed by atoms with E-state index in [0.717, 1.165) is 26.2 Å². The Morgan fingerprint density at radius 1 is 1.44 bits per heavy atom. The van der Waals surface area contributed by atoms with Crippen LogP contribution in [0.15, 0.2) is 11.8 Å². The largest absolute Gasteiger partial charge is 0.481 e. The third-order valence-electron chi connectivity index (χ3n) is 2.45. The van der Waals surface area contributed by atoms with Crippen LogP contribution in [0.2, 0.25) is 0 Å². The lowest BCUT2D eigenvalue weighted by Gasteiger charge is -2.25. The second-order valence-electron chi connectivity index (χ2n) is 3.84. The van der Waals surface area contributed by atoms with Gasteiger partial charge < -0.3 is 20.6 Å². The molecule has 1 fully saturated rings. The van der Waals surface area contributed by atoms with E-state index in [-0.39, 0.29) is 18.5 Å². The topological polar surface area (TPSA) is 105 Å². The average molecular weight is 252 g/mol. The van der Waals surface area contributed by atoms with E-state index >= 15 is 0 Å². The quantitative estimate of drug-likeness (QED) is 0.423. The average Bonchev–Trinajstić information content (AvgIpc) is 2.36. The maximum absolute atomic E-state index is 11.6. The number of aliphatic carboxylic acids is 1. The first kappa shape index (κ1) is 14.0. The summed E-state index contributed by atoms with van der Waals surface area (Å²) in [4.78, 5) is 23.8. The van der Waals surface area contributed by atoms with E-state index in [1.54, 1.807) is 0 Å². The van der Waals surface area contributed by atoms with Crippen molar-refractivity contribution in [1.82, 2.24) is 15.5 Å². The highest BCUT2D eigenvalue weighted by molar-refractivity contribution is 5.97. The van der Waals surface area contributed by atoms with Crippen molar-refractivity contribution in [2.45, 2.75) is 6.42 Å². The maximum atomic E-state index is 11.6. The molecule has 0 atom stereocenters. The molecule has 0 unspecified atom stereocenters. The monoisotopic (exact) mass is 252 g/mol. The Bertz CT molecular complexity index is 380. The molecule has 3 N–H and O–H groups in total. The van der Waals surface area contributed by atoms with E-state index in [4.69, 9.17) is 10.4 Å². The van der Waals surface area contributed by atoms with Crippen molar-refractivity contribution in [2.75, 3.05) is 32.7 Å². The van der Waals surface area contributed by atoms with Crippen molar-refractivity contribution in [1.29, 1.82) is 5.26 Å². The van der Waals surface area contributed by atoms with Gasteiger partial charge in [0.15, 0.2) is 0 Å². The molecule has 0 radical (unpaired) electrons. The standard InChI is InChI=1S/C11H16N4O3/c12-7-9(8-15-5-3-13-4-6-15)11(18)14-2-1-10(16)17/h8,13H,1-6H2,(H,14,18)(H,16,17)/b9-8-. The molecule has 1 heterocycles. The Morgan fingerprint density at radius 2 is 2.11 bits per heavy atom. The van der Waals surface area contributed by atoms with Gasteiger partial charge in [-0.25, -0.2) is 0 Å². The first-order chi connectivity index (χ1) is 8.63. The molecule has 0 aromatic carbocycles. The Balaban J connectivity index is 2.48. The number of carbonyl (C=O) groups excluding carboxylic acids is 1. The molecule has 0 aromatic rings. The fourth-order valence-corrected chi connectivity index (χ4v) is 1.51. The van der Waals surface area contributed by atoms with Gasteiger partial charge in [-0.1, -0.05) is 0 Å². The molecule has 1 aliphatic heterocycles. The summed E-state index contributed by atoms with van der Waals surface area (Å²) in [6.45, 7) is 3.14. The van der Waals surface area contributed by atoms with Crippen LogP contribution in [0.25, 0.3) is 0 Å². The molecule has 1 aliphatic rings. The molecule has 98 valence electrons. The summed E-state index contributed by atoms with van der Waals surface area (Å²) in [6.07, 6.45) is 1.37. The molecule has 0 aromatic heterocycles. The highest BCUT2D eigenvalue weighted by Gasteiger charge is 2.12. The number of hydrogen-bond donors (Lipinski definition) is 3. The van der Waals surface area contributed by atoms with Crippen LogP contribution < -0.4 is 10.6 Å². The van der Waals surface area contributed by atoms with Crippen molar-refractivity contribution in [3.63, 3.8) is 0 Å². The van der Waals surface area contributed by atoms with E-state index in [1.807, 2.05) is 11.0 Å². The second kappa shape index (κ2) is 7.29. The van der Waals surface area contributed by atoms with Gasteiger partial charge in [0.05, 0.1) is 6.42 Å². The highest BCUT2D eigenvalue weighted by atomic mass is 16.4. The fraction of sp³-hybridized carbons (Fsp3) is 0.545. The molecule has 7 nitrogen and oxygen atoms in total. The summed E-state index contributed by atoms with van der Waals surface area (Å²) in [5, 5.41) is 22.9. The normalized spacial score (nSPS) is 15.9. The number of nitrogens with one attached hydrogen (secondary N) is 2. The zero-order valence-corrected chi connectivity index (χ0v) is 9.98. The minimum atomic E-state index is -0.986. The van der Waals surface area contributed by atoms with Gasteiger partial charge in [-0.15, -0.1) is 0 Å². The van der Waals surface area contributed by atoms with Crippen LogP contribution >= 0.6 is 0 Å². The number of rotatable bonds is 5. The van der Waals surface area contributed by atoms with Gasteiger partial charge in [-0.2, -0.15) is 5.26 Å². The lowest BCUT2D eigenvalue weighted by atomic mass is 10.2. The van der Waals surface area contributed by atoms with Crippen LogP contribution in [-0.4, -0.2) is 54.6 Å². The van der Waals surface area contributed by atoms with Crippen molar-refractivity contribution in [3.8, 4) is 6.07 Å². The Hall–Kier alpha value is -2.07. The molecular weight excluding hydrogens is 236 g/mol. The minimum absolute atomic E-state index is 0.00212. The van der Waals surface area contributed by atoms with Crippen LogP contribution in [0.4, 0.5) is 0 Å². The predicted molar refractivity (Wildman–Crippen MR) is 63.4 cm³/mol. The highest BCUT2D eigenvalue weighted by Crippen LogP contribution is 2.00. The van der Waals surface area contributed by atoms with Gasteiger partial charge in [0.2, 0.25) is 0 Å². The SMILES string of the molecule is N#C/C(=C/N1CCNCC1)C(=O)NCCC(=O)O. The lowest BCUT2D eigenvalue weighted by Crippen LogP contribution is -2.41. The summed E-state index contributed by atoms with van der Waals surface area (Å²) in [5.41, 5.74) is 0.00212. The van der Waals surface area contributed by atoms with Gasteiger partial charge in [0, 0.05) is 38.9 Å². The molecule has 0 aliphatic carbocycles. The van der Waals surface area contributed by atoms with Gasteiger partial charge >= 0.3 is 5.97 Å². The van der Waals surface area contributed by atoms with Crippen molar-refractivity contribution < 1.29 is 14.7 Å². The van der Waals surface area contributed by atoms with Crippen LogP contribution in [0.5, 0.6) is 0 Å². The molecule has 1 amide bonds. The second-order valence-corrected chi connectivity index (χ2v) is 3.84. The van der Waals surface area contributed by atoms with E-state index in [0.29, 0.717) is 0 Å². The van der Waals surface area contributed by atoms with Crippen LogP contribution in [0.3, 0.4) is 0 Å². The summed E-state index contributed by atoms with van der Waals surface area (Å²) in [5.74, 6) is -1.52. The summed E-state index contributed by atoms with van der Waals surface area (Å²) in [7, 11) is 0. The molecule has 0 spiro atoms. The number of nitriles is 1. The Kier molecular flexibility index (Phi) is 5.67. The number of amides is 1. The smallest absolute Gasteiger partial charge is 0.305 e. The Labute approximate surface area is 105 Å². The van der Waals surface area contributed by atoms with Crippen LogP contribution in [0, 0.1) is 11.3 Å². The lowest BCUT2D eigenvalue weighted by molar-refractivity contribution is -0.136. The van der Waals surface area contributed by atoms with E-state index < -0.39 is 11.9 Å². The molecule has 7 heteroatoms. The number of carbonyl (C=O) groups is 2. The zero-order chi connectivity index (χ0) is 13.4. The van der Waals surface area contributed by atoms with Gasteiger partial charge in [-0.05, 0) is 0 Å². The number of carboxylic acid groups (broad SMARTS) is 1. The van der Waals surface area contributed by atoms with Gasteiger partial charge in [-0.3, -0.25) is 9.59 Å². The van der Waals surface area contributed by atoms with Crippen LogP contribution in [-0.2, 0) is 9.59 Å². The summed E-state index contributed by atoms with van der Waals surface area (Å²) in [6, 6.07) is 1.83. The van der Waals surface area contributed by atoms with Crippen LogP contribution in [0.1, 0.15) is 6.42 Å². The summed E-state index contributed by atoms with van der Waals surface area (Å²) >= 11 is 0. The van der Waals surface area contributed by atoms with Gasteiger partial charge in [0.1, 0.15) is 11.6 Å². The first-order valence-corrected chi connectivity index (χ1v) is 5.70. The maximum Gasteiger partial charge on any atom is 0.305 e. The van der Waals surface area contributed by atoms with Crippen molar-refractivity contribution in [2.24, 2.45) is 0 Å². The van der Waals surface area contributed by atoms with Crippen molar-refractivity contribution in [3.05, 3.63) is 11.8 Å². The molecule has 1 rings (SSSR count). The molecule has 0 bridgehead atoms. The summed E-state index contributed by atoms with van der Waals surface area (Å²) < 4.78 is 0. The predicted octanol–water partition coefficient (Wildman–Crippen LogP) is -1.11. The molecule has 1 saturated heterocycles. The number of hydrogen-bond acceptors (Lipinski definition) is 5. The number of piperazine rings is 1. The van der Waals surface area contributed by atoms with Crippen molar-refractivity contribution >= 4 is 11.9 Å². The minimum Gasteiger partial charge on any atom is -0.481 e. The van der Waals surface area contributed by atoms with E-state index in [9.17, 15) is 9.59 Å². The number of nitrogens with zero attached hydrogens (tertiary/aromatic N) is 2. The fourth-order valence-electron chi connectivity index (χ4n) is 1.51. The van der Waals surface area contributed by atoms with E-state index in [2.05, 4.69) is 10.6 Å². The first-order valence-electron chi connectivity index (χ1n) is 5.70. The third-order valence-corrected chi connectivity index (χ3v) is 2.45. The molecule has 18 heavy (non-hydrogen) atoms. The zero-order valence-electron chi connectivity index (χ0n) is 9.98.